The van der Waals surface area contributed by atoms with E-state index in [1.807, 2.05) is 0 Å². The largest absolute Gasteiger partial charge is 0.280 e. The maximum atomic E-state index is 12.7. The molecule has 1 saturated heterocycles. The predicted octanol–water partition coefficient (Wildman–Crippen LogP) is 3.05. The number of benzene rings is 2. The van der Waals surface area contributed by atoms with Crippen molar-refractivity contribution >= 4 is 25.7 Å². The zero-order valence-electron chi connectivity index (χ0n) is 14.3. The first-order valence-corrected chi connectivity index (χ1v) is 11.5. The summed E-state index contributed by atoms with van der Waals surface area (Å²) in [5, 5.41) is 0. The van der Waals surface area contributed by atoms with Gasteiger partial charge in [0.1, 0.15) is 0 Å². The molecule has 0 amide bonds. The lowest BCUT2D eigenvalue weighted by Crippen LogP contribution is -2.31. The average molecular weight is 395 g/mol. The number of rotatable bonds is 5. The van der Waals surface area contributed by atoms with Gasteiger partial charge in [-0.3, -0.25) is 4.72 Å². The van der Waals surface area contributed by atoms with Crippen molar-refractivity contribution in [1.82, 2.24) is 4.31 Å². The molecule has 0 aliphatic carbocycles. The SMILES string of the molecule is O=S(=O)(Nc1ccc(S(=O)(=O)N2CCCCCC2)cc1)c1ccccc1. The molecule has 140 valence electrons. The highest BCUT2D eigenvalue weighted by Gasteiger charge is 2.25. The molecule has 1 N–H and O–H groups in total. The molecule has 2 aromatic rings. The first kappa shape index (κ1) is 18.9. The second kappa shape index (κ2) is 7.77. The Morgan fingerprint density at radius 2 is 1.27 bits per heavy atom. The minimum atomic E-state index is -3.70. The summed E-state index contributed by atoms with van der Waals surface area (Å²) in [4.78, 5) is 0.336. The first-order chi connectivity index (χ1) is 12.4. The van der Waals surface area contributed by atoms with Crippen LogP contribution in [-0.4, -0.2) is 34.2 Å². The molecule has 0 spiro atoms. The van der Waals surface area contributed by atoms with Crippen molar-refractivity contribution < 1.29 is 16.8 Å². The van der Waals surface area contributed by atoms with E-state index in [0.29, 0.717) is 18.8 Å². The Bertz CT molecular complexity index is 932. The van der Waals surface area contributed by atoms with Gasteiger partial charge in [-0.05, 0) is 49.2 Å². The maximum absolute atomic E-state index is 12.7. The summed E-state index contributed by atoms with van der Waals surface area (Å²) in [6.07, 6.45) is 3.83. The molecule has 6 nitrogen and oxygen atoms in total. The van der Waals surface area contributed by atoms with E-state index in [1.165, 1.54) is 40.7 Å². The third-order valence-corrected chi connectivity index (χ3v) is 7.67. The molecule has 0 atom stereocenters. The molecule has 0 unspecified atom stereocenters. The Labute approximate surface area is 155 Å². The van der Waals surface area contributed by atoms with Crippen molar-refractivity contribution in [3.8, 4) is 0 Å². The molecule has 0 saturated carbocycles. The van der Waals surface area contributed by atoms with Crippen LogP contribution in [0.2, 0.25) is 0 Å². The molecule has 2 aromatic carbocycles. The number of hydrogen-bond donors (Lipinski definition) is 1. The lowest BCUT2D eigenvalue weighted by Gasteiger charge is -2.20. The number of nitrogens with zero attached hydrogens (tertiary/aromatic N) is 1. The normalized spacial score (nSPS) is 16.8. The Balaban J connectivity index is 1.78. The van der Waals surface area contributed by atoms with Gasteiger partial charge in [0.15, 0.2) is 0 Å². The van der Waals surface area contributed by atoms with Gasteiger partial charge in [-0.2, -0.15) is 4.31 Å². The van der Waals surface area contributed by atoms with E-state index in [9.17, 15) is 16.8 Å². The molecular formula is C18H22N2O4S2. The summed E-state index contributed by atoms with van der Waals surface area (Å²) < 4.78 is 54.1. The van der Waals surface area contributed by atoms with E-state index in [4.69, 9.17) is 0 Å². The summed E-state index contributed by atoms with van der Waals surface area (Å²) in [6, 6.07) is 13.9. The zero-order chi connectivity index (χ0) is 18.6. The highest BCUT2D eigenvalue weighted by molar-refractivity contribution is 7.92. The fourth-order valence-electron chi connectivity index (χ4n) is 2.94. The number of sulfonamides is 2. The van der Waals surface area contributed by atoms with Crippen molar-refractivity contribution in [3.05, 3.63) is 54.6 Å². The maximum Gasteiger partial charge on any atom is 0.261 e. The topological polar surface area (TPSA) is 83.5 Å². The lowest BCUT2D eigenvalue weighted by molar-refractivity contribution is 0.424. The Hall–Kier alpha value is -1.90. The summed E-state index contributed by atoms with van der Waals surface area (Å²) in [7, 11) is -7.24. The Morgan fingerprint density at radius 1 is 0.692 bits per heavy atom. The van der Waals surface area contributed by atoms with E-state index >= 15 is 0 Å². The van der Waals surface area contributed by atoms with E-state index < -0.39 is 20.0 Å². The van der Waals surface area contributed by atoms with Gasteiger partial charge in [0.05, 0.1) is 9.79 Å². The number of nitrogens with one attached hydrogen (secondary N) is 1. The second-order valence-corrected chi connectivity index (χ2v) is 9.88. The van der Waals surface area contributed by atoms with Crippen LogP contribution in [0.5, 0.6) is 0 Å². The molecule has 0 bridgehead atoms. The van der Waals surface area contributed by atoms with Crippen molar-refractivity contribution in [3.63, 3.8) is 0 Å². The van der Waals surface area contributed by atoms with Gasteiger partial charge in [-0.1, -0.05) is 31.0 Å². The van der Waals surface area contributed by atoms with E-state index in [1.54, 1.807) is 18.2 Å². The van der Waals surface area contributed by atoms with Gasteiger partial charge < -0.3 is 0 Å². The molecule has 26 heavy (non-hydrogen) atoms. The van der Waals surface area contributed by atoms with Crippen molar-refractivity contribution in [2.24, 2.45) is 0 Å². The van der Waals surface area contributed by atoms with E-state index in [-0.39, 0.29) is 9.79 Å². The van der Waals surface area contributed by atoms with Crippen LogP contribution in [0.4, 0.5) is 5.69 Å². The Kier molecular flexibility index (Phi) is 5.64. The summed E-state index contributed by atoms with van der Waals surface area (Å²) in [5.74, 6) is 0. The monoisotopic (exact) mass is 394 g/mol. The minimum Gasteiger partial charge on any atom is -0.280 e. The first-order valence-electron chi connectivity index (χ1n) is 8.58. The lowest BCUT2D eigenvalue weighted by atomic mass is 10.2. The molecule has 0 radical (unpaired) electrons. The molecule has 1 heterocycles. The minimum absolute atomic E-state index is 0.154. The van der Waals surface area contributed by atoms with Crippen LogP contribution in [0.15, 0.2) is 64.4 Å². The van der Waals surface area contributed by atoms with Crippen molar-refractivity contribution in [2.75, 3.05) is 17.8 Å². The molecule has 0 aromatic heterocycles. The smallest absolute Gasteiger partial charge is 0.261 e. The van der Waals surface area contributed by atoms with Crippen LogP contribution < -0.4 is 4.72 Å². The summed E-state index contributed by atoms with van der Waals surface area (Å²) in [5.41, 5.74) is 0.323. The van der Waals surface area contributed by atoms with Gasteiger partial charge in [0, 0.05) is 18.8 Å². The molecule has 1 fully saturated rings. The van der Waals surface area contributed by atoms with Crippen LogP contribution in [0.25, 0.3) is 0 Å². The highest BCUT2D eigenvalue weighted by atomic mass is 32.2. The van der Waals surface area contributed by atoms with E-state index in [0.717, 1.165) is 25.7 Å². The van der Waals surface area contributed by atoms with Crippen molar-refractivity contribution in [1.29, 1.82) is 0 Å². The van der Waals surface area contributed by atoms with Crippen LogP contribution in [0.1, 0.15) is 25.7 Å². The number of anilines is 1. The fourth-order valence-corrected chi connectivity index (χ4v) is 5.54. The van der Waals surface area contributed by atoms with Gasteiger partial charge in [0.25, 0.3) is 10.0 Å². The molecule has 1 aliphatic heterocycles. The van der Waals surface area contributed by atoms with Crippen molar-refractivity contribution in [2.45, 2.75) is 35.5 Å². The highest BCUT2D eigenvalue weighted by Crippen LogP contribution is 2.23. The summed E-state index contributed by atoms with van der Waals surface area (Å²) >= 11 is 0. The van der Waals surface area contributed by atoms with Crippen LogP contribution in [0.3, 0.4) is 0 Å². The zero-order valence-corrected chi connectivity index (χ0v) is 16.0. The van der Waals surface area contributed by atoms with Gasteiger partial charge in [-0.25, -0.2) is 16.8 Å². The van der Waals surface area contributed by atoms with Gasteiger partial charge in [-0.15, -0.1) is 0 Å². The van der Waals surface area contributed by atoms with E-state index in [2.05, 4.69) is 4.72 Å². The van der Waals surface area contributed by atoms with Crippen LogP contribution >= 0.6 is 0 Å². The Morgan fingerprint density at radius 3 is 1.85 bits per heavy atom. The standard InChI is InChI=1S/C18H22N2O4S2/c21-25(22,17-8-4-3-5-9-17)19-16-10-12-18(13-11-16)26(23,24)20-14-6-1-2-7-15-20/h3-5,8-13,19H,1-2,6-7,14-15H2. The number of hydrogen-bond acceptors (Lipinski definition) is 4. The third-order valence-electron chi connectivity index (χ3n) is 4.36. The van der Waals surface area contributed by atoms with Crippen LogP contribution in [-0.2, 0) is 20.0 Å². The molecule has 3 rings (SSSR count). The molecule has 1 aliphatic rings. The average Bonchev–Trinajstić information content (AvgIpc) is 2.93. The third kappa shape index (κ3) is 4.25. The predicted molar refractivity (Wildman–Crippen MR) is 101 cm³/mol. The summed E-state index contributed by atoms with van der Waals surface area (Å²) in [6.45, 7) is 1.06. The van der Waals surface area contributed by atoms with Gasteiger partial charge >= 0.3 is 0 Å². The van der Waals surface area contributed by atoms with Gasteiger partial charge in [0.2, 0.25) is 10.0 Å². The quantitative estimate of drug-likeness (QED) is 0.845. The fraction of sp³-hybridized carbons (Fsp3) is 0.333. The second-order valence-electron chi connectivity index (χ2n) is 6.26. The van der Waals surface area contributed by atoms with Crippen LogP contribution in [0, 0.1) is 0 Å². The molecule has 8 heteroatoms. The molecular weight excluding hydrogens is 372 g/mol.